The van der Waals surface area contributed by atoms with Gasteiger partial charge in [-0.2, -0.15) is 0 Å². The van der Waals surface area contributed by atoms with Crippen molar-refractivity contribution in [3.63, 3.8) is 0 Å². The molecule has 0 aliphatic carbocycles. The van der Waals surface area contributed by atoms with Gasteiger partial charge in [-0.3, -0.25) is 9.69 Å². The van der Waals surface area contributed by atoms with Crippen molar-refractivity contribution in [2.75, 3.05) is 26.2 Å². The number of oxazole rings is 1. The molecule has 0 aromatic carbocycles. The van der Waals surface area contributed by atoms with Gasteiger partial charge in [0.2, 0.25) is 11.8 Å². The minimum atomic E-state index is -0.0265. The van der Waals surface area contributed by atoms with E-state index in [2.05, 4.69) is 30.7 Å². The van der Waals surface area contributed by atoms with Crippen LogP contribution in [0.2, 0.25) is 0 Å². The van der Waals surface area contributed by atoms with Gasteiger partial charge < -0.3 is 13.7 Å². The Bertz CT molecular complexity index is 700. The fourth-order valence-electron chi connectivity index (χ4n) is 3.14. The second kappa shape index (κ2) is 8.08. The van der Waals surface area contributed by atoms with E-state index in [4.69, 9.17) is 8.83 Å². The molecule has 3 heterocycles. The van der Waals surface area contributed by atoms with Crippen molar-refractivity contribution < 1.29 is 13.6 Å². The quantitative estimate of drug-likeness (QED) is 0.820. The Balaban J connectivity index is 1.48. The average Bonchev–Trinajstić information content (AvgIpc) is 3.21. The Morgan fingerprint density at radius 2 is 2.08 bits per heavy atom. The topological polar surface area (TPSA) is 62.7 Å². The van der Waals surface area contributed by atoms with E-state index in [-0.39, 0.29) is 11.3 Å². The maximum absolute atomic E-state index is 12.5. The summed E-state index contributed by atoms with van der Waals surface area (Å²) in [5.41, 5.74) is -0.0265. The van der Waals surface area contributed by atoms with E-state index in [0.29, 0.717) is 19.4 Å². The van der Waals surface area contributed by atoms with Gasteiger partial charge in [-0.1, -0.05) is 20.8 Å². The van der Waals surface area contributed by atoms with Crippen LogP contribution < -0.4 is 0 Å². The smallest absolute Gasteiger partial charge is 0.223 e. The van der Waals surface area contributed by atoms with E-state index in [1.165, 1.54) is 0 Å². The van der Waals surface area contributed by atoms with Crippen molar-refractivity contribution >= 4 is 5.91 Å². The summed E-state index contributed by atoms with van der Waals surface area (Å²) in [7, 11) is 0. The monoisotopic (exact) mass is 359 g/mol. The SMILES string of the molecule is CC(C)(C)c1cnc(CN2CCCN(C(=O)CCc3ccco3)CC2)o1. The normalized spacial score (nSPS) is 16.7. The molecule has 0 N–H and O–H groups in total. The van der Waals surface area contributed by atoms with E-state index in [9.17, 15) is 4.79 Å². The van der Waals surface area contributed by atoms with Crippen LogP contribution in [0.25, 0.3) is 0 Å². The molecule has 2 aromatic heterocycles. The summed E-state index contributed by atoms with van der Waals surface area (Å²) in [4.78, 5) is 21.2. The van der Waals surface area contributed by atoms with Crippen molar-refractivity contribution in [3.8, 4) is 0 Å². The van der Waals surface area contributed by atoms with Crippen molar-refractivity contribution in [1.29, 1.82) is 0 Å². The maximum Gasteiger partial charge on any atom is 0.223 e. The molecule has 1 aliphatic rings. The standard InChI is InChI=1S/C20H29N3O3/c1-20(2,3)17-14-21-18(26-17)15-22-9-5-10-23(12-11-22)19(24)8-7-16-6-4-13-25-16/h4,6,13-14H,5,7-12,15H2,1-3H3. The third kappa shape index (κ3) is 4.97. The summed E-state index contributed by atoms with van der Waals surface area (Å²) in [5, 5.41) is 0. The Labute approximate surface area is 155 Å². The van der Waals surface area contributed by atoms with E-state index < -0.39 is 0 Å². The molecular formula is C20H29N3O3. The van der Waals surface area contributed by atoms with Gasteiger partial charge in [-0.15, -0.1) is 0 Å². The molecule has 6 nitrogen and oxygen atoms in total. The van der Waals surface area contributed by atoms with Crippen LogP contribution in [-0.4, -0.2) is 46.9 Å². The summed E-state index contributed by atoms with van der Waals surface area (Å²) >= 11 is 0. The number of furan rings is 1. The fraction of sp³-hybridized carbons (Fsp3) is 0.600. The first-order valence-corrected chi connectivity index (χ1v) is 9.39. The van der Waals surface area contributed by atoms with E-state index >= 15 is 0 Å². The van der Waals surface area contributed by atoms with Crippen molar-refractivity contribution in [1.82, 2.24) is 14.8 Å². The summed E-state index contributed by atoms with van der Waals surface area (Å²) in [6.07, 6.45) is 5.62. The highest BCUT2D eigenvalue weighted by Crippen LogP contribution is 2.23. The molecule has 0 atom stereocenters. The van der Waals surface area contributed by atoms with Gasteiger partial charge in [0.15, 0.2) is 0 Å². The lowest BCUT2D eigenvalue weighted by Gasteiger charge is -2.21. The van der Waals surface area contributed by atoms with Gasteiger partial charge in [0.05, 0.1) is 19.0 Å². The molecule has 0 radical (unpaired) electrons. The number of rotatable bonds is 5. The summed E-state index contributed by atoms with van der Waals surface area (Å²) in [6, 6.07) is 3.77. The highest BCUT2D eigenvalue weighted by Gasteiger charge is 2.22. The molecule has 0 saturated carbocycles. The molecule has 0 spiro atoms. The molecule has 1 aliphatic heterocycles. The zero-order valence-corrected chi connectivity index (χ0v) is 16.0. The minimum absolute atomic E-state index is 0.0265. The number of amides is 1. The molecule has 2 aromatic rings. The second-order valence-electron chi connectivity index (χ2n) is 7.96. The number of carbonyl (C=O) groups is 1. The number of hydrogen-bond donors (Lipinski definition) is 0. The molecule has 0 bridgehead atoms. The number of hydrogen-bond acceptors (Lipinski definition) is 5. The number of aryl methyl sites for hydroxylation is 1. The first-order valence-electron chi connectivity index (χ1n) is 9.39. The third-order valence-electron chi connectivity index (χ3n) is 4.76. The zero-order chi connectivity index (χ0) is 18.6. The summed E-state index contributed by atoms with van der Waals surface area (Å²) < 4.78 is 11.2. The van der Waals surface area contributed by atoms with Crippen molar-refractivity contribution in [2.45, 2.75) is 52.0 Å². The Hall–Kier alpha value is -2.08. The molecular weight excluding hydrogens is 330 g/mol. The van der Waals surface area contributed by atoms with Crippen LogP contribution in [0.5, 0.6) is 0 Å². The highest BCUT2D eigenvalue weighted by atomic mass is 16.4. The number of aromatic nitrogens is 1. The van der Waals surface area contributed by atoms with Crippen LogP contribution in [0, 0.1) is 0 Å². The van der Waals surface area contributed by atoms with Gasteiger partial charge in [0.1, 0.15) is 11.5 Å². The Morgan fingerprint density at radius 3 is 2.77 bits per heavy atom. The summed E-state index contributed by atoms with van der Waals surface area (Å²) in [5.74, 6) is 2.74. The number of nitrogens with zero attached hydrogens (tertiary/aromatic N) is 3. The average molecular weight is 359 g/mol. The van der Waals surface area contributed by atoms with Crippen LogP contribution >= 0.6 is 0 Å². The predicted octanol–water partition coefficient (Wildman–Crippen LogP) is 3.23. The van der Waals surface area contributed by atoms with Crippen molar-refractivity contribution in [3.05, 3.63) is 42.0 Å². The van der Waals surface area contributed by atoms with Gasteiger partial charge >= 0.3 is 0 Å². The molecule has 3 rings (SSSR count). The fourth-order valence-corrected chi connectivity index (χ4v) is 3.14. The highest BCUT2D eigenvalue weighted by molar-refractivity contribution is 5.76. The zero-order valence-electron chi connectivity index (χ0n) is 16.0. The third-order valence-corrected chi connectivity index (χ3v) is 4.76. The van der Waals surface area contributed by atoms with E-state index in [1.54, 1.807) is 6.26 Å². The Kier molecular flexibility index (Phi) is 5.81. The maximum atomic E-state index is 12.5. The summed E-state index contributed by atoms with van der Waals surface area (Å²) in [6.45, 7) is 10.4. The number of carbonyl (C=O) groups excluding carboxylic acids is 1. The van der Waals surface area contributed by atoms with Crippen LogP contribution in [0.15, 0.2) is 33.4 Å². The second-order valence-corrected chi connectivity index (χ2v) is 7.96. The Morgan fingerprint density at radius 1 is 1.23 bits per heavy atom. The lowest BCUT2D eigenvalue weighted by atomic mass is 9.94. The minimum Gasteiger partial charge on any atom is -0.469 e. The van der Waals surface area contributed by atoms with E-state index in [0.717, 1.165) is 50.0 Å². The molecule has 1 saturated heterocycles. The van der Waals surface area contributed by atoms with E-state index in [1.807, 2.05) is 23.2 Å². The predicted molar refractivity (Wildman–Crippen MR) is 98.7 cm³/mol. The molecule has 0 unspecified atom stereocenters. The largest absolute Gasteiger partial charge is 0.469 e. The van der Waals surface area contributed by atoms with Gasteiger partial charge in [-0.25, -0.2) is 4.98 Å². The lowest BCUT2D eigenvalue weighted by Crippen LogP contribution is -2.35. The lowest BCUT2D eigenvalue weighted by molar-refractivity contribution is -0.131. The molecule has 1 amide bonds. The first-order chi connectivity index (χ1) is 12.4. The van der Waals surface area contributed by atoms with Gasteiger partial charge in [-0.05, 0) is 18.6 Å². The molecule has 142 valence electrons. The molecule has 26 heavy (non-hydrogen) atoms. The van der Waals surface area contributed by atoms with Gasteiger partial charge in [0.25, 0.3) is 0 Å². The first kappa shape index (κ1) is 18.7. The van der Waals surface area contributed by atoms with Gasteiger partial charge in [0, 0.05) is 44.4 Å². The van der Waals surface area contributed by atoms with Crippen LogP contribution in [0.1, 0.15) is 51.0 Å². The molecule has 6 heteroatoms. The van der Waals surface area contributed by atoms with Crippen LogP contribution in [-0.2, 0) is 23.2 Å². The molecule has 1 fully saturated rings. The van der Waals surface area contributed by atoms with Crippen molar-refractivity contribution in [2.24, 2.45) is 0 Å². The van der Waals surface area contributed by atoms with Crippen LogP contribution in [0.3, 0.4) is 0 Å². The van der Waals surface area contributed by atoms with Crippen LogP contribution in [0.4, 0.5) is 0 Å².